The van der Waals surface area contributed by atoms with Crippen molar-refractivity contribution in [3.63, 3.8) is 0 Å². The Kier molecular flexibility index (Phi) is 4.54. The van der Waals surface area contributed by atoms with E-state index < -0.39 is 0 Å². The fourth-order valence-corrected chi connectivity index (χ4v) is 4.30. The molecule has 1 heterocycles. The quantitative estimate of drug-likeness (QED) is 0.598. The largest absolute Gasteiger partial charge is 0.377 e. The highest BCUT2D eigenvalue weighted by Crippen LogP contribution is 2.62. The van der Waals surface area contributed by atoms with Gasteiger partial charge in [-0.3, -0.25) is 4.79 Å². The third-order valence-electron chi connectivity index (χ3n) is 5.62. The topological polar surface area (TPSA) is 66.0 Å². The number of amides is 1. The normalized spacial score (nSPS) is 31.3. The lowest BCUT2D eigenvalue weighted by Crippen LogP contribution is -2.72. The Morgan fingerprint density at radius 1 is 1.39 bits per heavy atom. The predicted molar refractivity (Wildman–Crippen MR) is 90.3 cm³/mol. The summed E-state index contributed by atoms with van der Waals surface area (Å²) < 4.78 is 5.97. The summed E-state index contributed by atoms with van der Waals surface area (Å²) in [5.41, 5.74) is 0.312. The number of hydrogen-bond acceptors (Lipinski definition) is 3. The fourth-order valence-electron chi connectivity index (χ4n) is 4.30. The maximum atomic E-state index is 11.8. The first-order valence-electron chi connectivity index (χ1n) is 8.83. The van der Waals surface area contributed by atoms with Gasteiger partial charge in [0, 0.05) is 44.1 Å². The molecular formula is C17H30N4O2. The average Bonchev–Trinajstić information content (AvgIpc) is 2.84. The molecule has 6 heteroatoms. The second-order valence-corrected chi connectivity index (χ2v) is 7.70. The first-order chi connectivity index (χ1) is 10.9. The third-order valence-corrected chi connectivity index (χ3v) is 5.62. The van der Waals surface area contributed by atoms with E-state index in [2.05, 4.69) is 29.5 Å². The minimum absolute atomic E-state index is 0.0175. The zero-order valence-electron chi connectivity index (χ0n) is 14.8. The number of fused-ring (bicyclic) bond motifs is 2. The van der Waals surface area contributed by atoms with E-state index in [1.807, 2.05) is 0 Å². The first kappa shape index (κ1) is 16.6. The second kappa shape index (κ2) is 6.30. The number of ether oxygens (including phenoxy) is 1. The average molecular weight is 322 g/mol. The van der Waals surface area contributed by atoms with Crippen molar-refractivity contribution in [2.75, 3.05) is 27.2 Å². The molecule has 0 bridgehead atoms. The van der Waals surface area contributed by atoms with Crippen molar-refractivity contribution in [2.24, 2.45) is 16.3 Å². The second-order valence-electron chi connectivity index (χ2n) is 7.70. The van der Waals surface area contributed by atoms with Gasteiger partial charge in [0.1, 0.15) is 6.54 Å². The van der Waals surface area contributed by atoms with Gasteiger partial charge in [0.05, 0.1) is 6.10 Å². The summed E-state index contributed by atoms with van der Waals surface area (Å²) in [5.74, 6) is 1.37. The Balaban J connectivity index is 1.68. The number of likely N-dealkylation sites (N-methyl/N-ethyl adjacent to an activating group) is 1. The number of nitrogens with one attached hydrogen (secondary N) is 2. The summed E-state index contributed by atoms with van der Waals surface area (Å²) in [6.45, 7) is 5.25. The summed E-state index contributed by atoms with van der Waals surface area (Å²) in [4.78, 5) is 17.9. The lowest BCUT2D eigenvalue weighted by atomic mass is 9.46. The van der Waals surface area contributed by atoms with E-state index in [4.69, 9.17) is 4.74 Å². The van der Waals surface area contributed by atoms with Gasteiger partial charge in [-0.1, -0.05) is 6.42 Å². The van der Waals surface area contributed by atoms with Crippen LogP contribution in [0.2, 0.25) is 0 Å². The Bertz CT molecular complexity index is 485. The molecule has 2 saturated carbocycles. The van der Waals surface area contributed by atoms with Crippen LogP contribution in [0.1, 0.15) is 39.5 Å². The van der Waals surface area contributed by atoms with Gasteiger partial charge in [0.25, 0.3) is 0 Å². The van der Waals surface area contributed by atoms with Crippen LogP contribution in [0.15, 0.2) is 4.99 Å². The molecule has 1 amide bonds. The molecule has 3 rings (SSSR count). The van der Waals surface area contributed by atoms with Gasteiger partial charge in [-0.15, -0.1) is 0 Å². The van der Waals surface area contributed by atoms with E-state index in [9.17, 15) is 4.79 Å². The van der Waals surface area contributed by atoms with Gasteiger partial charge in [0.15, 0.2) is 5.96 Å². The van der Waals surface area contributed by atoms with Crippen molar-refractivity contribution in [1.82, 2.24) is 15.5 Å². The van der Waals surface area contributed by atoms with Crippen molar-refractivity contribution >= 4 is 11.9 Å². The van der Waals surface area contributed by atoms with Crippen LogP contribution in [0.25, 0.3) is 0 Å². The summed E-state index contributed by atoms with van der Waals surface area (Å²) >= 11 is 0. The maximum absolute atomic E-state index is 11.8. The van der Waals surface area contributed by atoms with Gasteiger partial charge in [0.2, 0.25) is 5.91 Å². The van der Waals surface area contributed by atoms with Crippen LogP contribution in [0, 0.1) is 11.3 Å². The van der Waals surface area contributed by atoms with E-state index in [-0.39, 0.29) is 18.5 Å². The monoisotopic (exact) mass is 322 g/mol. The molecule has 2 aliphatic carbocycles. The molecular weight excluding hydrogens is 292 g/mol. The highest BCUT2D eigenvalue weighted by atomic mass is 16.5. The standard InChI is InChI=1S/C17H30N4O2/c1-11(2)19-16(18-10-13(22)21(3)4)20-14-12-6-9-23-15(12)17(14)7-5-8-17/h11-12,14-15H,5-10H2,1-4H3,(H2,18,19,20). The number of carbonyl (C=O) groups excluding carboxylic acids is 1. The zero-order valence-corrected chi connectivity index (χ0v) is 14.8. The van der Waals surface area contributed by atoms with E-state index in [0.717, 1.165) is 19.0 Å². The van der Waals surface area contributed by atoms with Gasteiger partial charge >= 0.3 is 0 Å². The van der Waals surface area contributed by atoms with Crippen LogP contribution in [-0.4, -0.2) is 62.2 Å². The van der Waals surface area contributed by atoms with Crippen LogP contribution >= 0.6 is 0 Å². The predicted octanol–water partition coefficient (Wildman–Crippen LogP) is 0.976. The fraction of sp³-hybridized carbons (Fsp3) is 0.882. The molecule has 1 spiro atoms. The summed E-state index contributed by atoms with van der Waals surface area (Å²) in [7, 11) is 3.52. The molecule has 0 radical (unpaired) electrons. The van der Waals surface area contributed by atoms with E-state index in [1.54, 1.807) is 19.0 Å². The maximum Gasteiger partial charge on any atom is 0.243 e. The van der Waals surface area contributed by atoms with Crippen LogP contribution in [0.4, 0.5) is 0 Å². The number of guanidine groups is 1. The highest BCUT2D eigenvalue weighted by Gasteiger charge is 2.66. The molecule has 3 fully saturated rings. The van der Waals surface area contributed by atoms with E-state index >= 15 is 0 Å². The van der Waals surface area contributed by atoms with Crippen molar-refractivity contribution in [3.05, 3.63) is 0 Å². The number of rotatable bonds is 4. The lowest BCUT2D eigenvalue weighted by Gasteiger charge is -2.63. The Labute approximate surface area is 139 Å². The van der Waals surface area contributed by atoms with Crippen molar-refractivity contribution in [1.29, 1.82) is 0 Å². The molecule has 2 N–H and O–H groups in total. The third kappa shape index (κ3) is 2.93. The molecule has 23 heavy (non-hydrogen) atoms. The highest BCUT2D eigenvalue weighted by molar-refractivity contribution is 5.85. The smallest absolute Gasteiger partial charge is 0.243 e. The molecule has 130 valence electrons. The minimum atomic E-state index is 0.0175. The Morgan fingerprint density at radius 2 is 2.13 bits per heavy atom. The van der Waals surface area contributed by atoms with E-state index in [0.29, 0.717) is 23.5 Å². The molecule has 6 nitrogen and oxygen atoms in total. The van der Waals surface area contributed by atoms with Gasteiger partial charge in [-0.25, -0.2) is 4.99 Å². The SMILES string of the molecule is CC(C)NC(=NCC(=O)N(C)C)NC1C2CCOC2C12CCC2. The Morgan fingerprint density at radius 3 is 2.70 bits per heavy atom. The number of nitrogens with zero attached hydrogens (tertiary/aromatic N) is 2. The van der Waals surface area contributed by atoms with Crippen molar-refractivity contribution in [3.8, 4) is 0 Å². The number of hydrogen-bond donors (Lipinski definition) is 2. The molecule has 0 aromatic carbocycles. The number of carbonyl (C=O) groups is 1. The summed E-state index contributed by atoms with van der Waals surface area (Å²) in [6, 6.07) is 0.715. The van der Waals surface area contributed by atoms with Gasteiger partial charge < -0.3 is 20.3 Å². The molecule has 1 aliphatic heterocycles. The Hall–Kier alpha value is -1.30. The van der Waals surface area contributed by atoms with Crippen molar-refractivity contribution in [2.45, 2.75) is 57.7 Å². The molecule has 1 saturated heterocycles. The van der Waals surface area contributed by atoms with Crippen LogP contribution in [0.5, 0.6) is 0 Å². The molecule has 3 aliphatic rings. The van der Waals surface area contributed by atoms with Crippen LogP contribution in [-0.2, 0) is 9.53 Å². The van der Waals surface area contributed by atoms with Crippen LogP contribution in [0.3, 0.4) is 0 Å². The first-order valence-corrected chi connectivity index (χ1v) is 8.83. The molecule has 0 aromatic heterocycles. The number of aliphatic imine (C=N–C) groups is 1. The van der Waals surface area contributed by atoms with Gasteiger partial charge in [-0.2, -0.15) is 0 Å². The summed E-state index contributed by atoms with van der Waals surface area (Å²) in [6.07, 6.45) is 5.37. The van der Waals surface area contributed by atoms with Crippen molar-refractivity contribution < 1.29 is 9.53 Å². The molecule has 3 atom stereocenters. The minimum Gasteiger partial charge on any atom is -0.377 e. The van der Waals surface area contributed by atoms with Crippen LogP contribution < -0.4 is 10.6 Å². The zero-order chi connectivity index (χ0) is 16.6. The van der Waals surface area contributed by atoms with Gasteiger partial charge in [-0.05, 0) is 33.1 Å². The summed E-state index contributed by atoms with van der Waals surface area (Å²) in [5, 5.41) is 7.00. The lowest BCUT2D eigenvalue weighted by molar-refractivity contribution is -0.171. The van der Waals surface area contributed by atoms with E-state index in [1.165, 1.54) is 19.3 Å². The molecule has 3 unspecified atom stereocenters. The molecule has 0 aromatic rings.